The quantitative estimate of drug-likeness (QED) is 0.748. The smallest absolute Gasteiger partial charge is 0.0488 e. The van der Waals surface area contributed by atoms with Gasteiger partial charge in [-0.1, -0.05) is 60.7 Å². The summed E-state index contributed by atoms with van der Waals surface area (Å²) in [6, 6.07) is 8.54. The molecule has 0 amide bonds. The number of allylic oxidation sites excluding steroid dienone is 6. The van der Waals surface area contributed by atoms with Crippen LogP contribution in [0, 0.1) is 0 Å². The van der Waals surface area contributed by atoms with Crippen LogP contribution in [-0.2, 0) is 7.05 Å². The first-order valence-electron chi connectivity index (χ1n) is 7.44. The van der Waals surface area contributed by atoms with Gasteiger partial charge in [0.25, 0.3) is 0 Å². The van der Waals surface area contributed by atoms with E-state index in [1.807, 2.05) is 19.1 Å². The van der Waals surface area contributed by atoms with Gasteiger partial charge in [-0.05, 0) is 32.4 Å². The molecule has 0 saturated heterocycles. The molecule has 0 saturated carbocycles. The zero-order chi connectivity index (χ0) is 15.1. The van der Waals surface area contributed by atoms with Crippen molar-refractivity contribution in [1.82, 2.24) is 4.57 Å². The number of benzene rings is 1. The van der Waals surface area contributed by atoms with E-state index in [1.54, 1.807) is 0 Å². The number of nitrogens with zero attached hydrogens (tertiary/aromatic N) is 1. The van der Waals surface area contributed by atoms with E-state index < -0.39 is 0 Å². The van der Waals surface area contributed by atoms with Crippen molar-refractivity contribution in [3.8, 4) is 0 Å². The molecule has 0 radical (unpaired) electrons. The molecule has 1 nitrogen and oxygen atoms in total. The minimum Gasteiger partial charge on any atom is -0.344 e. The second-order valence-corrected chi connectivity index (χ2v) is 4.95. The predicted octanol–water partition coefficient (Wildman–Crippen LogP) is 3.84. The number of para-hydroxylation sites is 1. The number of hydrogen-bond acceptors (Lipinski definition) is 0. The molecule has 21 heavy (non-hydrogen) atoms. The van der Waals surface area contributed by atoms with E-state index in [1.165, 1.54) is 21.5 Å². The molecule has 2 aromatic rings. The van der Waals surface area contributed by atoms with Gasteiger partial charge in [0, 0.05) is 28.5 Å². The second-order valence-electron chi connectivity index (χ2n) is 4.95. The summed E-state index contributed by atoms with van der Waals surface area (Å²) in [5, 5.41) is 3.88. The Labute approximate surface area is 126 Å². The molecule has 108 valence electrons. The summed E-state index contributed by atoms with van der Waals surface area (Å²) >= 11 is 0. The molecule has 0 bridgehead atoms. The van der Waals surface area contributed by atoms with Crippen molar-refractivity contribution in [3.63, 3.8) is 0 Å². The van der Waals surface area contributed by atoms with Crippen LogP contribution in [0.3, 0.4) is 0 Å². The van der Waals surface area contributed by atoms with Crippen molar-refractivity contribution in [1.29, 1.82) is 0 Å². The molecular formula is C20H23N. The van der Waals surface area contributed by atoms with Crippen molar-refractivity contribution in [3.05, 3.63) is 71.3 Å². The van der Waals surface area contributed by atoms with Crippen LogP contribution in [0.15, 0.2) is 60.7 Å². The van der Waals surface area contributed by atoms with Crippen molar-refractivity contribution in [2.24, 2.45) is 7.05 Å². The molecule has 0 atom stereocenters. The molecule has 1 heteroatoms. The lowest BCUT2D eigenvalue weighted by molar-refractivity contribution is 0.925. The molecule has 0 aliphatic carbocycles. The molecule has 0 spiro atoms. The van der Waals surface area contributed by atoms with Crippen LogP contribution >= 0.6 is 0 Å². The van der Waals surface area contributed by atoms with Gasteiger partial charge in [-0.2, -0.15) is 0 Å². The number of hydrogen-bond donors (Lipinski definition) is 0. The Hall–Kier alpha value is -2.28. The van der Waals surface area contributed by atoms with Crippen LogP contribution in [-0.4, -0.2) is 4.57 Å². The maximum atomic E-state index is 2.25. The van der Waals surface area contributed by atoms with Crippen LogP contribution in [0.2, 0.25) is 0 Å². The van der Waals surface area contributed by atoms with Gasteiger partial charge < -0.3 is 4.57 Å². The van der Waals surface area contributed by atoms with Crippen molar-refractivity contribution in [2.45, 2.75) is 20.3 Å². The highest BCUT2D eigenvalue weighted by molar-refractivity contribution is 5.82. The highest BCUT2D eigenvalue weighted by Crippen LogP contribution is 2.06. The van der Waals surface area contributed by atoms with Crippen molar-refractivity contribution < 1.29 is 0 Å². The highest BCUT2D eigenvalue weighted by atomic mass is 14.9. The summed E-state index contributed by atoms with van der Waals surface area (Å²) < 4.78 is 2.25. The molecule has 0 fully saturated rings. The van der Waals surface area contributed by atoms with Gasteiger partial charge in [0.2, 0.25) is 0 Å². The van der Waals surface area contributed by atoms with Crippen LogP contribution in [0.1, 0.15) is 20.3 Å². The summed E-state index contributed by atoms with van der Waals surface area (Å²) in [6.45, 7) is 4.12. The molecule has 1 heterocycles. The second kappa shape index (κ2) is 7.49. The lowest BCUT2D eigenvalue weighted by Crippen LogP contribution is -2.27. The van der Waals surface area contributed by atoms with Gasteiger partial charge in [-0.15, -0.1) is 0 Å². The summed E-state index contributed by atoms with van der Waals surface area (Å²) in [4.78, 5) is 0. The summed E-state index contributed by atoms with van der Waals surface area (Å²) in [5.74, 6) is 0. The normalized spacial score (nSPS) is 14.6. The van der Waals surface area contributed by atoms with E-state index in [-0.39, 0.29) is 0 Å². The maximum Gasteiger partial charge on any atom is 0.0488 e. The molecule has 0 aliphatic rings. The number of rotatable bonds is 4. The number of aryl methyl sites for hydroxylation is 1. The SMILES string of the molecule is C/C=C\C=C/C\C=C/C=c1\c(=C/C)c2ccccc2n1C. The predicted molar refractivity (Wildman–Crippen MR) is 94.5 cm³/mol. The molecule has 0 N–H and O–H groups in total. The largest absolute Gasteiger partial charge is 0.344 e. The Morgan fingerprint density at radius 2 is 1.76 bits per heavy atom. The Balaban J connectivity index is 2.36. The molecule has 1 aromatic carbocycles. The average molecular weight is 277 g/mol. The maximum absolute atomic E-state index is 2.25. The summed E-state index contributed by atoms with van der Waals surface area (Å²) in [6.07, 6.45) is 18.0. The van der Waals surface area contributed by atoms with E-state index in [4.69, 9.17) is 0 Å². The average Bonchev–Trinajstić information content (AvgIpc) is 2.79. The van der Waals surface area contributed by atoms with Gasteiger partial charge in [0.1, 0.15) is 0 Å². The van der Waals surface area contributed by atoms with Gasteiger partial charge in [-0.3, -0.25) is 0 Å². The fourth-order valence-corrected chi connectivity index (χ4v) is 2.53. The van der Waals surface area contributed by atoms with E-state index in [9.17, 15) is 0 Å². The third-order valence-corrected chi connectivity index (χ3v) is 3.58. The standard InChI is InChI=1S/C20H23N/c1-4-6-7-8-9-10-11-15-19-17(5-2)18-14-12-13-16-20(18)21(19)3/h4-8,10-16H,9H2,1-3H3/b6-4-,8-7-,11-10-,17-5-,19-15+. The first-order chi connectivity index (χ1) is 10.3. The third-order valence-electron chi connectivity index (χ3n) is 3.58. The zero-order valence-electron chi connectivity index (χ0n) is 13.1. The lowest BCUT2D eigenvalue weighted by Gasteiger charge is -1.94. The van der Waals surface area contributed by atoms with Gasteiger partial charge in [0.05, 0.1) is 0 Å². The molecular weight excluding hydrogens is 254 g/mol. The molecule has 0 aliphatic heterocycles. The van der Waals surface area contributed by atoms with Crippen LogP contribution < -0.4 is 10.6 Å². The topological polar surface area (TPSA) is 4.93 Å². The van der Waals surface area contributed by atoms with Crippen molar-refractivity contribution >= 4 is 23.1 Å². The van der Waals surface area contributed by atoms with E-state index in [0.717, 1.165) is 6.42 Å². The summed E-state index contributed by atoms with van der Waals surface area (Å²) in [7, 11) is 2.13. The van der Waals surface area contributed by atoms with Crippen LogP contribution in [0.25, 0.3) is 23.1 Å². The Bertz CT molecular complexity index is 798. The lowest BCUT2D eigenvalue weighted by atomic mass is 10.2. The van der Waals surface area contributed by atoms with Gasteiger partial charge in [0.15, 0.2) is 0 Å². The fraction of sp³-hybridized carbons (Fsp3) is 0.200. The summed E-state index contributed by atoms with van der Waals surface area (Å²) in [5.41, 5.74) is 1.28. The zero-order valence-corrected chi connectivity index (χ0v) is 13.1. The minimum atomic E-state index is 0.954. The molecule has 1 aromatic heterocycles. The van der Waals surface area contributed by atoms with Gasteiger partial charge in [-0.25, -0.2) is 0 Å². The molecule has 2 rings (SSSR count). The van der Waals surface area contributed by atoms with E-state index in [2.05, 4.69) is 79.3 Å². The minimum absolute atomic E-state index is 0.954. The molecule has 0 unspecified atom stereocenters. The Morgan fingerprint density at radius 1 is 1.00 bits per heavy atom. The van der Waals surface area contributed by atoms with Crippen molar-refractivity contribution in [2.75, 3.05) is 0 Å². The Morgan fingerprint density at radius 3 is 2.52 bits per heavy atom. The third kappa shape index (κ3) is 3.43. The van der Waals surface area contributed by atoms with Crippen LogP contribution in [0.4, 0.5) is 0 Å². The monoisotopic (exact) mass is 277 g/mol. The highest BCUT2D eigenvalue weighted by Gasteiger charge is 2.01. The fourth-order valence-electron chi connectivity index (χ4n) is 2.53. The number of aromatic nitrogens is 1. The number of fused-ring (bicyclic) bond motifs is 1. The first kappa shape index (κ1) is 15.1. The van der Waals surface area contributed by atoms with E-state index >= 15 is 0 Å². The Kier molecular flexibility index (Phi) is 5.39. The first-order valence-corrected chi connectivity index (χ1v) is 7.44. The van der Waals surface area contributed by atoms with E-state index in [0.29, 0.717) is 0 Å². The van der Waals surface area contributed by atoms with Gasteiger partial charge >= 0.3 is 0 Å². The van der Waals surface area contributed by atoms with Crippen LogP contribution in [0.5, 0.6) is 0 Å².